The molecule has 2 aromatic heterocycles. The van der Waals surface area contributed by atoms with Gasteiger partial charge in [-0.3, -0.25) is 14.0 Å². The van der Waals surface area contributed by atoms with Crippen molar-refractivity contribution < 1.29 is 19.0 Å². The summed E-state index contributed by atoms with van der Waals surface area (Å²) in [4.78, 5) is 12.6. The molecule has 0 aliphatic carbocycles. The van der Waals surface area contributed by atoms with Crippen molar-refractivity contribution in [3.8, 4) is 23.0 Å². The van der Waals surface area contributed by atoms with Gasteiger partial charge >= 0.3 is 0 Å². The van der Waals surface area contributed by atoms with E-state index in [-0.39, 0.29) is 11.7 Å². The van der Waals surface area contributed by atoms with Gasteiger partial charge in [0.25, 0.3) is 0 Å². The van der Waals surface area contributed by atoms with Crippen molar-refractivity contribution in [1.29, 1.82) is 0 Å². The number of amides is 1. The van der Waals surface area contributed by atoms with Crippen LogP contribution in [0.15, 0.2) is 35.6 Å². The number of aryl methyl sites for hydroxylation is 1. The second kappa shape index (κ2) is 12.3. The van der Waals surface area contributed by atoms with Crippen molar-refractivity contribution in [3.63, 3.8) is 0 Å². The van der Waals surface area contributed by atoms with Gasteiger partial charge in [-0.2, -0.15) is 0 Å². The number of carbonyl (C=O) groups excluding carboxylic acids is 1. The van der Waals surface area contributed by atoms with Gasteiger partial charge in [0.1, 0.15) is 11.3 Å². The molecule has 1 aromatic carbocycles. The van der Waals surface area contributed by atoms with Crippen LogP contribution in [0.3, 0.4) is 0 Å². The summed E-state index contributed by atoms with van der Waals surface area (Å²) >= 11 is 1.30. The Hall–Kier alpha value is -3.05. The van der Waals surface area contributed by atoms with Crippen LogP contribution in [-0.4, -0.2) is 63.1 Å². The van der Waals surface area contributed by atoms with Gasteiger partial charge in [0.05, 0.1) is 37.8 Å². The summed E-state index contributed by atoms with van der Waals surface area (Å²) in [6.07, 6.45) is 1.89. The summed E-state index contributed by atoms with van der Waals surface area (Å²) in [6.45, 7) is 8.53. The third kappa shape index (κ3) is 6.26. The molecule has 0 bridgehead atoms. The molecule has 3 rings (SSSR count). The lowest BCUT2D eigenvalue weighted by molar-refractivity contribution is -0.113. The van der Waals surface area contributed by atoms with E-state index in [1.165, 1.54) is 11.8 Å². The molecule has 0 aliphatic rings. The molecule has 0 fully saturated rings. The van der Waals surface area contributed by atoms with Crippen molar-refractivity contribution in [2.75, 3.05) is 38.0 Å². The molecule has 3 aromatic rings. The molecule has 1 amide bonds. The van der Waals surface area contributed by atoms with Crippen LogP contribution < -0.4 is 14.8 Å². The maximum absolute atomic E-state index is 12.6. The zero-order valence-electron chi connectivity index (χ0n) is 19.4. The van der Waals surface area contributed by atoms with E-state index in [4.69, 9.17) is 14.2 Å². The van der Waals surface area contributed by atoms with Gasteiger partial charge in [0, 0.05) is 19.9 Å². The molecule has 10 nitrogen and oxygen atoms in total. The predicted molar refractivity (Wildman–Crippen MR) is 127 cm³/mol. The van der Waals surface area contributed by atoms with Crippen molar-refractivity contribution >= 4 is 23.4 Å². The predicted octanol–water partition coefficient (Wildman–Crippen LogP) is 3.34. The van der Waals surface area contributed by atoms with Crippen LogP contribution in [0.1, 0.15) is 20.8 Å². The molecule has 178 valence electrons. The average Bonchev–Trinajstić information content (AvgIpc) is 3.41. The molecule has 0 radical (unpaired) electrons. The highest BCUT2D eigenvalue weighted by atomic mass is 32.2. The first-order valence-electron chi connectivity index (χ1n) is 10.9. The summed E-state index contributed by atoms with van der Waals surface area (Å²) in [6, 6.07) is 7.36. The van der Waals surface area contributed by atoms with E-state index >= 15 is 0 Å². The van der Waals surface area contributed by atoms with Crippen molar-refractivity contribution in [1.82, 2.24) is 24.5 Å². The average molecular weight is 475 g/mol. The second-order valence-corrected chi connectivity index (χ2v) is 7.80. The van der Waals surface area contributed by atoms with Gasteiger partial charge in [-0.15, -0.1) is 15.3 Å². The number of para-hydroxylation sites is 2. The Kier molecular flexibility index (Phi) is 9.14. The number of nitrogens with zero attached hydrogens (tertiary/aromatic N) is 5. The molecular weight excluding hydrogens is 444 g/mol. The quantitative estimate of drug-likeness (QED) is 0.376. The summed E-state index contributed by atoms with van der Waals surface area (Å²) in [5, 5.41) is 16.7. The van der Waals surface area contributed by atoms with Gasteiger partial charge in [-0.1, -0.05) is 23.9 Å². The van der Waals surface area contributed by atoms with Crippen LogP contribution in [0.4, 0.5) is 5.69 Å². The first-order chi connectivity index (χ1) is 16.1. The van der Waals surface area contributed by atoms with Crippen LogP contribution in [0.5, 0.6) is 11.6 Å². The molecule has 33 heavy (non-hydrogen) atoms. The maximum Gasteiger partial charge on any atom is 0.243 e. The number of methoxy groups -OCH3 is 1. The number of hydrogen-bond acceptors (Lipinski definition) is 8. The largest absolute Gasteiger partial charge is 0.492 e. The highest BCUT2D eigenvalue weighted by Gasteiger charge is 2.21. The molecule has 1 N–H and O–H groups in total. The first-order valence-corrected chi connectivity index (χ1v) is 11.9. The summed E-state index contributed by atoms with van der Waals surface area (Å²) in [5.41, 5.74) is 1.39. The second-order valence-electron chi connectivity index (χ2n) is 6.85. The van der Waals surface area contributed by atoms with E-state index in [0.29, 0.717) is 61.2 Å². The molecular formula is C22H30N6O4S. The smallest absolute Gasteiger partial charge is 0.243 e. The van der Waals surface area contributed by atoms with E-state index in [9.17, 15) is 4.79 Å². The van der Waals surface area contributed by atoms with E-state index < -0.39 is 0 Å². The Labute approximate surface area is 197 Å². The SMILES string of the molecule is CCOc1ccccc1NC(=O)CSc1nnc(-c2cn(CC)nc2OCC)n1CCOC. The number of hydrogen-bond donors (Lipinski definition) is 1. The number of aromatic nitrogens is 5. The fourth-order valence-corrected chi connectivity index (χ4v) is 3.87. The monoisotopic (exact) mass is 474 g/mol. The summed E-state index contributed by atoms with van der Waals surface area (Å²) in [5.74, 6) is 1.77. The number of thioether (sulfide) groups is 1. The van der Waals surface area contributed by atoms with Crippen LogP contribution in [0.2, 0.25) is 0 Å². The van der Waals surface area contributed by atoms with Crippen LogP contribution in [0.25, 0.3) is 11.4 Å². The Morgan fingerprint density at radius 3 is 2.64 bits per heavy atom. The number of anilines is 1. The van der Waals surface area contributed by atoms with Crippen molar-refractivity contribution in [2.45, 2.75) is 39.0 Å². The van der Waals surface area contributed by atoms with Gasteiger partial charge in [0.2, 0.25) is 11.8 Å². The van der Waals surface area contributed by atoms with Crippen LogP contribution >= 0.6 is 11.8 Å². The van der Waals surface area contributed by atoms with Crippen molar-refractivity contribution in [3.05, 3.63) is 30.5 Å². The van der Waals surface area contributed by atoms with Gasteiger partial charge in [-0.05, 0) is 32.9 Å². The van der Waals surface area contributed by atoms with Crippen molar-refractivity contribution in [2.24, 2.45) is 0 Å². The molecule has 0 saturated heterocycles. The third-order valence-corrected chi connectivity index (χ3v) is 5.57. The van der Waals surface area contributed by atoms with E-state index in [0.717, 1.165) is 5.56 Å². The van der Waals surface area contributed by atoms with Gasteiger partial charge in [0.15, 0.2) is 11.0 Å². The minimum atomic E-state index is -0.163. The standard InChI is InChI=1S/C22H30N6O4S/c1-5-27-14-16(21(26-27)32-7-3)20-24-25-22(28(20)12-13-30-4)33-15-19(29)23-17-10-8-9-11-18(17)31-6-2/h8-11,14H,5-7,12-13,15H2,1-4H3,(H,23,29). The van der Waals surface area contributed by atoms with E-state index in [1.807, 2.05) is 55.8 Å². The van der Waals surface area contributed by atoms with E-state index in [1.54, 1.807) is 11.8 Å². The summed E-state index contributed by atoms with van der Waals surface area (Å²) in [7, 11) is 1.64. The Morgan fingerprint density at radius 1 is 1.12 bits per heavy atom. The minimum absolute atomic E-state index is 0.163. The third-order valence-electron chi connectivity index (χ3n) is 4.60. The molecule has 0 unspecified atom stereocenters. The lowest BCUT2D eigenvalue weighted by atomic mass is 10.3. The van der Waals surface area contributed by atoms with Crippen LogP contribution in [0, 0.1) is 0 Å². The number of ether oxygens (including phenoxy) is 3. The van der Waals surface area contributed by atoms with Crippen LogP contribution in [-0.2, 0) is 22.6 Å². The topological polar surface area (TPSA) is 105 Å². The molecule has 0 saturated carbocycles. The first kappa shape index (κ1) is 24.6. The molecule has 2 heterocycles. The van der Waals surface area contributed by atoms with Gasteiger partial charge < -0.3 is 19.5 Å². The zero-order chi connectivity index (χ0) is 23.6. The Morgan fingerprint density at radius 2 is 1.91 bits per heavy atom. The minimum Gasteiger partial charge on any atom is -0.492 e. The fraction of sp³-hybridized carbons (Fsp3) is 0.455. The number of benzene rings is 1. The number of rotatable bonds is 13. The Bertz CT molecular complexity index is 1050. The van der Waals surface area contributed by atoms with E-state index in [2.05, 4.69) is 20.6 Å². The molecule has 0 atom stereocenters. The fourth-order valence-electron chi connectivity index (χ4n) is 3.11. The highest BCUT2D eigenvalue weighted by molar-refractivity contribution is 7.99. The normalized spacial score (nSPS) is 10.9. The molecule has 0 spiro atoms. The lowest BCUT2D eigenvalue weighted by Crippen LogP contribution is -2.16. The lowest BCUT2D eigenvalue weighted by Gasteiger charge is -2.12. The highest BCUT2D eigenvalue weighted by Crippen LogP contribution is 2.31. The zero-order valence-corrected chi connectivity index (χ0v) is 20.2. The van der Waals surface area contributed by atoms with Gasteiger partial charge in [-0.25, -0.2) is 0 Å². The summed E-state index contributed by atoms with van der Waals surface area (Å²) < 4.78 is 20.3. The Balaban J connectivity index is 1.78. The number of nitrogens with one attached hydrogen (secondary N) is 1. The molecule has 0 aliphatic heterocycles. The molecule has 11 heteroatoms. The number of carbonyl (C=O) groups is 1. The maximum atomic E-state index is 12.6.